The Labute approximate surface area is 252 Å². The SMILES string of the molecule is C1=CC(OCC2CO2)(OP2N=PN=PN2)C(OCC2CO2)(OCC2CO2)C(OCC2CO2)(OCC2CO2)C1OCC1CO1. The van der Waals surface area contributed by atoms with E-state index in [0.717, 1.165) is 0 Å². The van der Waals surface area contributed by atoms with Crippen LogP contribution in [-0.2, 0) is 61.4 Å². The van der Waals surface area contributed by atoms with Crippen molar-refractivity contribution >= 4 is 25.5 Å². The Morgan fingerprint density at radius 1 is 0.698 bits per heavy atom. The Morgan fingerprint density at radius 3 is 1.67 bits per heavy atom. The quantitative estimate of drug-likeness (QED) is 0.0856. The number of hydrogen-bond acceptors (Lipinski definition) is 16. The molecule has 0 bridgehead atoms. The molecule has 16 nitrogen and oxygen atoms in total. The number of nitrogens with zero attached hydrogens (tertiary/aromatic N) is 2. The average molecular weight is 665 g/mol. The third-order valence-corrected chi connectivity index (χ3v) is 10.7. The smallest absolute Gasteiger partial charge is 0.287 e. The summed E-state index contributed by atoms with van der Waals surface area (Å²) in [6.07, 6.45) is 2.07. The number of ether oxygens (including phenoxy) is 12. The Morgan fingerprint density at radius 2 is 1.19 bits per heavy atom. The van der Waals surface area contributed by atoms with Gasteiger partial charge in [-0.3, -0.25) is 4.52 Å². The molecular formula is C24H34N3O13P3. The van der Waals surface area contributed by atoms with Crippen LogP contribution in [0.1, 0.15) is 0 Å². The van der Waals surface area contributed by atoms with Gasteiger partial charge in [0.2, 0.25) is 0 Å². The summed E-state index contributed by atoms with van der Waals surface area (Å²) in [6, 6.07) is 0. The van der Waals surface area contributed by atoms with Crippen LogP contribution in [0.5, 0.6) is 0 Å². The van der Waals surface area contributed by atoms with Crippen molar-refractivity contribution in [2.24, 2.45) is 9.03 Å². The first kappa shape index (κ1) is 30.2. The lowest BCUT2D eigenvalue weighted by molar-refractivity contribution is -0.493. The summed E-state index contributed by atoms with van der Waals surface area (Å²) in [5.41, 5.74) is 0. The van der Waals surface area contributed by atoms with Crippen LogP contribution in [0.3, 0.4) is 0 Å². The average Bonchev–Trinajstić information content (AvgIpc) is 3.84. The van der Waals surface area contributed by atoms with E-state index in [1.165, 1.54) is 0 Å². The molecule has 1 N–H and O–H groups in total. The van der Waals surface area contributed by atoms with E-state index < -0.39 is 31.9 Å². The Kier molecular flexibility index (Phi) is 8.97. The zero-order chi connectivity index (χ0) is 28.7. The van der Waals surface area contributed by atoms with Crippen LogP contribution in [0.25, 0.3) is 0 Å². The van der Waals surface area contributed by atoms with Gasteiger partial charge in [0, 0.05) is 0 Å². The van der Waals surface area contributed by atoms with E-state index in [1.807, 2.05) is 6.08 Å². The molecule has 238 valence electrons. The maximum Gasteiger partial charge on any atom is 0.287 e. The lowest BCUT2D eigenvalue weighted by Gasteiger charge is -2.58. The van der Waals surface area contributed by atoms with Gasteiger partial charge < -0.3 is 56.8 Å². The van der Waals surface area contributed by atoms with Crippen LogP contribution < -0.4 is 4.86 Å². The number of epoxide rings is 6. The fraction of sp³-hybridized carbons (Fsp3) is 0.917. The van der Waals surface area contributed by atoms with E-state index in [9.17, 15) is 0 Å². The zero-order valence-electron chi connectivity index (χ0n) is 23.2. The molecule has 9 unspecified atom stereocenters. The molecule has 1 aliphatic carbocycles. The summed E-state index contributed by atoms with van der Waals surface area (Å²) in [5, 5.41) is 0. The highest BCUT2D eigenvalue weighted by Gasteiger charge is 2.76. The molecule has 0 amide bonds. The first-order chi connectivity index (χ1) is 21.2. The van der Waals surface area contributed by atoms with Gasteiger partial charge in [-0.15, -0.1) is 0 Å². The van der Waals surface area contributed by atoms with Crippen LogP contribution in [0.15, 0.2) is 21.2 Å². The zero-order valence-corrected chi connectivity index (χ0v) is 25.9. The normalized spacial score (nSPS) is 47.3. The van der Waals surface area contributed by atoms with E-state index in [4.69, 9.17) is 61.4 Å². The highest BCUT2D eigenvalue weighted by molar-refractivity contribution is 7.63. The molecule has 43 heavy (non-hydrogen) atoms. The van der Waals surface area contributed by atoms with Crippen molar-refractivity contribution in [1.29, 1.82) is 0 Å². The molecule has 0 saturated carbocycles. The largest absolute Gasteiger partial charge is 0.371 e. The summed E-state index contributed by atoms with van der Waals surface area (Å²) in [4.78, 5) is 3.19. The van der Waals surface area contributed by atoms with Crippen molar-refractivity contribution < 1.29 is 61.4 Å². The molecule has 9 atom stereocenters. The second-order valence-corrected chi connectivity index (χ2v) is 14.5. The molecule has 0 radical (unpaired) electrons. The monoisotopic (exact) mass is 665 g/mol. The number of rotatable bonds is 20. The minimum Gasteiger partial charge on any atom is -0.371 e. The topological polar surface area (TPSA) is 177 Å². The van der Waals surface area contributed by atoms with Gasteiger partial charge in [-0.05, 0) is 12.2 Å². The van der Waals surface area contributed by atoms with E-state index in [2.05, 4.69) is 13.9 Å². The van der Waals surface area contributed by atoms with Gasteiger partial charge in [-0.2, -0.15) is 13.9 Å². The highest BCUT2D eigenvalue weighted by Crippen LogP contribution is 2.58. The fourth-order valence-corrected chi connectivity index (χ4v) is 7.79. The molecule has 7 heterocycles. The van der Waals surface area contributed by atoms with E-state index in [-0.39, 0.29) is 69.7 Å². The molecule has 7 aliphatic heterocycles. The predicted molar refractivity (Wildman–Crippen MR) is 145 cm³/mol. The minimum absolute atomic E-state index is 0.0257. The molecule has 6 fully saturated rings. The molecule has 19 heteroatoms. The summed E-state index contributed by atoms with van der Waals surface area (Å²) < 4.78 is 89.4. The van der Waals surface area contributed by atoms with Crippen LogP contribution in [0, 0.1) is 0 Å². The maximum atomic E-state index is 6.88. The standard InChI is InChI=1S/C24H34N3O13P3/c1-2-22(35-10-16-4-29-16,40-43-26-41-25-42-27-43)24(38-13-19-7-32-19,39-14-20-8-33-20)23(36-11-17-5-30-17,37-12-18-6-31-18)21(1)34-9-15-3-28-15/h1-2,15-21H,3-14H2,(H,25,26,27). The van der Waals surface area contributed by atoms with E-state index in [1.54, 1.807) is 6.08 Å². The van der Waals surface area contributed by atoms with Crippen molar-refractivity contribution in [1.82, 2.24) is 4.86 Å². The maximum absolute atomic E-state index is 6.88. The lowest BCUT2D eigenvalue weighted by atomic mass is 9.84. The Balaban J connectivity index is 1.24. The molecule has 0 aromatic rings. The second kappa shape index (κ2) is 12.8. The molecule has 8 rings (SSSR count). The van der Waals surface area contributed by atoms with Crippen LogP contribution in [0.4, 0.5) is 0 Å². The summed E-state index contributed by atoms with van der Waals surface area (Å²) in [6.45, 7) is 4.56. The third kappa shape index (κ3) is 7.22. The predicted octanol–water partition coefficient (Wildman–Crippen LogP) is 1.44. The molecule has 6 saturated heterocycles. The fourth-order valence-electron chi connectivity index (χ4n) is 4.73. The van der Waals surface area contributed by atoms with Crippen molar-refractivity contribution in [2.75, 3.05) is 79.3 Å². The van der Waals surface area contributed by atoms with Gasteiger partial charge in [0.05, 0.1) is 79.3 Å². The summed E-state index contributed by atoms with van der Waals surface area (Å²) >= 11 is 0. The number of hydrogen-bond donors (Lipinski definition) is 1. The Hall–Kier alpha value is -0.190. The Bertz CT molecular complexity index is 1050. The van der Waals surface area contributed by atoms with Crippen LogP contribution in [-0.4, -0.2) is 139 Å². The van der Waals surface area contributed by atoms with Gasteiger partial charge in [0.1, 0.15) is 51.3 Å². The van der Waals surface area contributed by atoms with Gasteiger partial charge >= 0.3 is 0 Å². The highest BCUT2D eigenvalue weighted by atomic mass is 31.2. The van der Waals surface area contributed by atoms with Gasteiger partial charge in [0.15, 0.2) is 8.52 Å². The van der Waals surface area contributed by atoms with Crippen LogP contribution >= 0.6 is 25.5 Å². The van der Waals surface area contributed by atoms with Gasteiger partial charge in [-0.25, -0.2) is 0 Å². The van der Waals surface area contributed by atoms with Crippen molar-refractivity contribution in [3.05, 3.63) is 12.2 Å². The molecule has 0 aromatic carbocycles. The molecule has 8 aliphatic rings. The van der Waals surface area contributed by atoms with Crippen molar-refractivity contribution in [3.63, 3.8) is 0 Å². The first-order valence-corrected chi connectivity index (χ1v) is 17.3. The summed E-state index contributed by atoms with van der Waals surface area (Å²) in [7, 11) is -0.451. The summed E-state index contributed by atoms with van der Waals surface area (Å²) in [5.74, 6) is -5.44. The van der Waals surface area contributed by atoms with Crippen LogP contribution in [0.2, 0.25) is 0 Å². The van der Waals surface area contributed by atoms with Gasteiger partial charge in [-0.1, -0.05) is 0 Å². The first-order valence-electron chi connectivity index (χ1n) is 14.4. The molecule has 0 aromatic heterocycles. The molecule has 0 spiro atoms. The van der Waals surface area contributed by atoms with Crippen molar-refractivity contribution in [2.45, 2.75) is 60.1 Å². The number of nitrogens with one attached hydrogen (secondary N) is 1. The minimum atomic E-state index is -1.91. The van der Waals surface area contributed by atoms with Crippen molar-refractivity contribution in [3.8, 4) is 0 Å². The third-order valence-electron chi connectivity index (χ3n) is 7.61. The van der Waals surface area contributed by atoms with E-state index >= 15 is 0 Å². The second-order valence-electron chi connectivity index (χ2n) is 11.2. The lowest BCUT2D eigenvalue weighted by Crippen LogP contribution is -2.79. The molecular weight excluding hydrogens is 631 g/mol. The van der Waals surface area contributed by atoms with E-state index in [0.29, 0.717) is 63.3 Å². The van der Waals surface area contributed by atoms with Gasteiger partial charge in [0.25, 0.3) is 25.8 Å².